The number of fused-ring (bicyclic) bond motifs is 1. The molecule has 1 atom stereocenters. The van der Waals surface area contributed by atoms with Crippen LogP contribution in [-0.2, 0) is 12.8 Å². The molecule has 1 aliphatic rings. The van der Waals surface area contributed by atoms with E-state index in [2.05, 4.69) is 12.1 Å². The van der Waals surface area contributed by atoms with Gasteiger partial charge in [0.1, 0.15) is 17.3 Å². The highest BCUT2D eigenvalue weighted by molar-refractivity contribution is 5.43. The molecule has 0 radical (unpaired) electrons. The number of rotatable bonds is 3. The first kappa shape index (κ1) is 14.1. The normalized spacial score (nSPS) is 15.4. The van der Waals surface area contributed by atoms with Crippen LogP contribution in [0.2, 0.25) is 0 Å². The van der Waals surface area contributed by atoms with E-state index < -0.39 is 6.04 Å². The van der Waals surface area contributed by atoms with Gasteiger partial charge in [-0.05, 0) is 68.0 Å². The minimum absolute atomic E-state index is 0.319. The first-order chi connectivity index (χ1) is 10.1. The van der Waals surface area contributed by atoms with Crippen molar-refractivity contribution < 1.29 is 9.13 Å². The van der Waals surface area contributed by atoms with Gasteiger partial charge < -0.3 is 10.5 Å². The lowest BCUT2D eigenvalue weighted by atomic mass is 9.92. The van der Waals surface area contributed by atoms with Crippen LogP contribution in [0.4, 0.5) is 4.39 Å². The van der Waals surface area contributed by atoms with Gasteiger partial charge >= 0.3 is 0 Å². The molecule has 3 heteroatoms. The van der Waals surface area contributed by atoms with Gasteiger partial charge in [0.15, 0.2) is 0 Å². The van der Waals surface area contributed by atoms with E-state index in [0.717, 1.165) is 18.6 Å². The molecule has 0 bridgehead atoms. The highest BCUT2D eigenvalue weighted by Gasteiger charge is 2.15. The van der Waals surface area contributed by atoms with E-state index in [9.17, 15) is 4.39 Å². The second-order valence-electron chi connectivity index (χ2n) is 5.68. The Kier molecular flexibility index (Phi) is 3.93. The third-order valence-corrected chi connectivity index (χ3v) is 4.02. The van der Waals surface area contributed by atoms with Crippen LogP contribution in [0.15, 0.2) is 36.4 Å². The Balaban J connectivity index is 1.92. The summed E-state index contributed by atoms with van der Waals surface area (Å²) in [5, 5.41) is 0. The minimum atomic E-state index is -0.404. The molecule has 2 nitrogen and oxygen atoms in total. The van der Waals surface area contributed by atoms with Crippen LogP contribution in [0.3, 0.4) is 0 Å². The molecule has 0 saturated carbocycles. The zero-order chi connectivity index (χ0) is 14.8. The van der Waals surface area contributed by atoms with Gasteiger partial charge in [-0.1, -0.05) is 12.1 Å². The number of halogens is 1. The SMILES string of the molecule is C[C@H](N)c1c(F)cccc1Oc1ccc2c(c1)CCCC2. The molecule has 2 N–H and O–H groups in total. The molecule has 0 saturated heterocycles. The summed E-state index contributed by atoms with van der Waals surface area (Å²) in [6.07, 6.45) is 4.71. The maximum atomic E-state index is 13.9. The van der Waals surface area contributed by atoms with Gasteiger partial charge in [0.25, 0.3) is 0 Å². The van der Waals surface area contributed by atoms with Gasteiger partial charge in [-0.15, -0.1) is 0 Å². The molecule has 3 rings (SSSR count). The first-order valence-electron chi connectivity index (χ1n) is 7.49. The predicted molar refractivity (Wildman–Crippen MR) is 82.2 cm³/mol. The largest absolute Gasteiger partial charge is 0.457 e. The van der Waals surface area contributed by atoms with Crippen molar-refractivity contribution in [2.75, 3.05) is 0 Å². The van der Waals surface area contributed by atoms with Gasteiger partial charge in [0.05, 0.1) is 0 Å². The lowest BCUT2D eigenvalue weighted by Crippen LogP contribution is -2.09. The molecule has 0 spiro atoms. The topological polar surface area (TPSA) is 35.2 Å². The Morgan fingerprint density at radius 1 is 1.10 bits per heavy atom. The van der Waals surface area contributed by atoms with E-state index >= 15 is 0 Å². The minimum Gasteiger partial charge on any atom is -0.457 e. The number of hydrogen-bond acceptors (Lipinski definition) is 2. The number of benzene rings is 2. The molecule has 0 aliphatic heterocycles. The average Bonchev–Trinajstić information content (AvgIpc) is 2.47. The van der Waals surface area contributed by atoms with Gasteiger partial charge in [-0.25, -0.2) is 4.39 Å². The lowest BCUT2D eigenvalue weighted by molar-refractivity contribution is 0.459. The van der Waals surface area contributed by atoms with Crippen LogP contribution in [0, 0.1) is 5.82 Å². The third-order valence-electron chi connectivity index (χ3n) is 4.02. The molecule has 0 aromatic heterocycles. The van der Waals surface area contributed by atoms with E-state index in [1.807, 2.05) is 6.07 Å². The number of ether oxygens (including phenoxy) is 1. The van der Waals surface area contributed by atoms with Crippen molar-refractivity contribution in [2.45, 2.75) is 38.6 Å². The summed E-state index contributed by atoms with van der Waals surface area (Å²) in [7, 11) is 0. The van der Waals surface area contributed by atoms with Crippen LogP contribution < -0.4 is 10.5 Å². The molecule has 2 aromatic rings. The Morgan fingerprint density at radius 3 is 2.62 bits per heavy atom. The number of hydrogen-bond donors (Lipinski definition) is 1. The van der Waals surface area contributed by atoms with Crippen molar-refractivity contribution in [3.8, 4) is 11.5 Å². The second-order valence-corrected chi connectivity index (χ2v) is 5.68. The monoisotopic (exact) mass is 285 g/mol. The average molecular weight is 285 g/mol. The zero-order valence-electron chi connectivity index (χ0n) is 12.2. The van der Waals surface area contributed by atoms with Crippen LogP contribution in [0.5, 0.6) is 11.5 Å². The Morgan fingerprint density at radius 2 is 1.86 bits per heavy atom. The Bertz CT molecular complexity index is 652. The third kappa shape index (κ3) is 2.93. The fourth-order valence-electron chi connectivity index (χ4n) is 2.95. The molecule has 2 aromatic carbocycles. The van der Waals surface area contributed by atoms with Crippen molar-refractivity contribution >= 4 is 0 Å². The molecular formula is C18H20FNO. The van der Waals surface area contributed by atoms with Crippen molar-refractivity contribution in [1.82, 2.24) is 0 Å². The number of aryl methyl sites for hydroxylation is 2. The van der Waals surface area contributed by atoms with Crippen LogP contribution >= 0.6 is 0 Å². The first-order valence-corrected chi connectivity index (χ1v) is 7.49. The molecule has 110 valence electrons. The highest BCUT2D eigenvalue weighted by atomic mass is 19.1. The summed E-state index contributed by atoms with van der Waals surface area (Å²) in [6, 6.07) is 10.6. The predicted octanol–water partition coefficient (Wildman–Crippen LogP) is 4.52. The standard InChI is InChI=1S/C18H20FNO/c1-12(20)18-16(19)7-4-8-17(18)21-15-10-9-13-5-2-3-6-14(13)11-15/h4,7-12H,2-3,5-6,20H2,1H3/t12-/m0/s1. The molecule has 0 fully saturated rings. The summed E-state index contributed by atoms with van der Waals surface area (Å²) >= 11 is 0. The molecular weight excluding hydrogens is 265 g/mol. The Labute approximate surface area is 124 Å². The summed E-state index contributed by atoms with van der Waals surface area (Å²) in [6.45, 7) is 1.76. The van der Waals surface area contributed by atoms with Crippen molar-refractivity contribution in [1.29, 1.82) is 0 Å². The summed E-state index contributed by atoms with van der Waals surface area (Å²) < 4.78 is 19.8. The maximum absolute atomic E-state index is 13.9. The number of nitrogens with two attached hydrogens (primary N) is 1. The lowest BCUT2D eigenvalue weighted by Gasteiger charge is -2.18. The fourth-order valence-corrected chi connectivity index (χ4v) is 2.95. The maximum Gasteiger partial charge on any atom is 0.135 e. The van der Waals surface area contributed by atoms with Crippen LogP contribution in [0.1, 0.15) is 42.5 Å². The van der Waals surface area contributed by atoms with E-state index in [4.69, 9.17) is 10.5 Å². The smallest absolute Gasteiger partial charge is 0.135 e. The van der Waals surface area contributed by atoms with E-state index in [-0.39, 0.29) is 5.82 Å². The zero-order valence-corrected chi connectivity index (χ0v) is 12.2. The summed E-state index contributed by atoms with van der Waals surface area (Å²) in [5.74, 6) is 0.935. The molecule has 21 heavy (non-hydrogen) atoms. The quantitative estimate of drug-likeness (QED) is 0.900. The Hall–Kier alpha value is -1.87. The van der Waals surface area contributed by atoms with Gasteiger partial charge in [0.2, 0.25) is 0 Å². The summed E-state index contributed by atoms with van der Waals surface area (Å²) in [4.78, 5) is 0. The van der Waals surface area contributed by atoms with E-state index in [1.165, 1.54) is 30.0 Å². The van der Waals surface area contributed by atoms with Crippen LogP contribution in [-0.4, -0.2) is 0 Å². The molecule has 0 heterocycles. The summed E-state index contributed by atoms with van der Waals surface area (Å²) in [5.41, 5.74) is 9.03. The second kappa shape index (κ2) is 5.86. The van der Waals surface area contributed by atoms with Gasteiger partial charge in [-0.2, -0.15) is 0 Å². The molecule has 1 aliphatic carbocycles. The van der Waals surface area contributed by atoms with Crippen molar-refractivity contribution in [3.05, 3.63) is 58.9 Å². The highest BCUT2D eigenvalue weighted by Crippen LogP contribution is 2.33. The van der Waals surface area contributed by atoms with Crippen molar-refractivity contribution in [2.24, 2.45) is 5.73 Å². The molecule has 0 amide bonds. The van der Waals surface area contributed by atoms with Crippen molar-refractivity contribution in [3.63, 3.8) is 0 Å². The van der Waals surface area contributed by atoms with Crippen LogP contribution in [0.25, 0.3) is 0 Å². The molecule has 0 unspecified atom stereocenters. The van der Waals surface area contributed by atoms with E-state index in [1.54, 1.807) is 19.1 Å². The van der Waals surface area contributed by atoms with Gasteiger partial charge in [0, 0.05) is 11.6 Å². The fraction of sp³-hybridized carbons (Fsp3) is 0.333. The van der Waals surface area contributed by atoms with Gasteiger partial charge in [-0.3, -0.25) is 0 Å². The van der Waals surface area contributed by atoms with E-state index in [0.29, 0.717) is 11.3 Å².